The summed E-state index contributed by atoms with van der Waals surface area (Å²) in [5, 5.41) is 24.1. The highest BCUT2D eigenvalue weighted by Crippen LogP contribution is 2.29. The van der Waals surface area contributed by atoms with E-state index in [-0.39, 0.29) is 17.8 Å². The number of nitrogens with zero attached hydrogens (tertiary/aromatic N) is 5. The number of hydrogen-bond acceptors (Lipinski definition) is 8. The molecule has 9 heteroatoms. The van der Waals surface area contributed by atoms with E-state index < -0.39 is 6.17 Å². The first-order valence-corrected chi connectivity index (χ1v) is 11.1. The summed E-state index contributed by atoms with van der Waals surface area (Å²) in [5.41, 5.74) is 4.82. The first-order valence-electron chi connectivity index (χ1n) is 11.1. The summed E-state index contributed by atoms with van der Waals surface area (Å²) >= 11 is 0. The van der Waals surface area contributed by atoms with Crippen molar-refractivity contribution in [2.24, 2.45) is 4.99 Å². The minimum Gasteiger partial charge on any atom is -0.403 e. The molecular formula is C27H17N7O2. The molecule has 9 nitrogen and oxygen atoms in total. The molecule has 1 aliphatic rings. The number of aromatic nitrogens is 3. The second kappa shape index (κ2) is 8.77. The second-order valence-electron chi connectivity index (χ2n) is 8.04. The summed E-state index contributed by atoms with van der Waals surface area (Å²) in [6.07, 6.45) is 0.619. The van der Waals surface area contributed by atoms with E-state index in [9.17, 15) is 10.1 Å². The number of amides is 1. The molecule has 5 aromatic rings. The van der Waals surface area contributed by atoms with E-state index >= 15 is 0 Å². The number of fused-ring (bicyclic) bond motifs is 2. The van der Waals surface area contributed by atoms with Gasteiger partial charge in [0.1, 0.15) is 0 Å². The van der Waals surface area contributed by atoms with Gasteiger partial charge in [0.25, 0.3) is 5.91 Å². The molecule has 6 rings (SSSR count). The molecule has 2 aromatic heterocycles. The Morgan fingerprint density at radius 3 is 2.64 bits per heavy atom. The van der Waals surface area contributed by atoms with Crippen LogP contribution in [0.25, 0.3) is 22.4 Å². The quantitative estimate of drug-likeness (QED) is 0.398. The van der Waals surface area contributed by atoms with E-state index in [1.807, 2.05) is 54.6 Å². The van der Waals surface area contributed by atoms with Crippen molar-refractivity contribution < 1.29 is 9.21 Å². The van der Waals surface area contributed by atoms with Gasteiger partial charge in [-0.3, -0.25) is 9.78 Å². The number of carbonyl (C=O) groups is 1. The van der Waals surface area contributed by atoms with Gasteiger partial charge < -0.3 is 15.1 Å². The Balaban J connectivity index is 1.37. The maximum absolute atomic E-state index is 13.1. The third-order valence-electron chi connectivity index (χ3n) is 5.78. The SMILES string of the molecule is N#Cc1ccc2nccc(-c3nnc(N[C@H]4N=C(c5ccccc5)c5ccccc5NC4=O)o3)c2c1. The maximum atomic E-state index is 13.1. The molecule has 0 saturated heterocycles. The van der Waals surface area contributed by atoms with Gasteiger partial charge in [0, 0.05) is 28.3 Å². The fourth-order valence-corrected chi connectivity index (χ4v) is 4.09. The van der Waals surface area contributed by atoms with Crippen molar-refractivity contribution in [1.29, 1.82) is 5.26 Å². The first-order chi connectivity index (χ1) is 17.7. The Morgan fingerprint density at radius 1 is 0.944 bits per heavy atom. The maximum Gasteiger partial charge on any atom is 0.317 e. The predicted molar refractivity (Wildman–Crippen MR) is 134 cm³/mol. The van der Waals surface area contributed by atoms with Crippen LogP contribution in [0.15, 0.2) is 94.5 Å². The van der Waals surface area contributed by atoms with E-state index in [0.717, 1.165) is 11.1 Å². The van der Waals surface area contributed by atoms with E-state index in [4.69, 9.17) is 9.41 Å². The number of nitriles is 1. The molecule has 0 bridgehead atoms. The fourth-order valence-electron chi connectivity index (χ4n) is 4.09. The minimum atomic E-state index is -1.01. The highest BCUT2D eigenvalue weighted by Gasteiger charge is 2.27. The highest BCUT2D eigenvalue weighted by atomic mass is 16.4. The van der Waals surface area contributed by atoms with E-state index in [1.165, 1.54) is 0 Å². The highest BCUT2D eigenvalue weighted by molar-refractivity contribution is 6.19. The van der Waals surface area contributed by atoms with Crippen LogP contribution in [-0.4, -0.2) is 33.0 Å². The molecule has 172 valence electrons. The molecule has 0 spiro atoms. The lowest BCUT2D eigenvalue weighted by Crippen LogP contribution is -2.32. The lowest BCUT2D eigenvalue weighted by atomic mass is 10.0. The summed E-state index contributed by atoms with van der Waals surface area (Å²) in [4.78, 5) is 22.1. The average Bonchev–Trinajstić information content (AvgIpc) is 3.34. The molecule has 1 aliphatic heterocycles. The van der Waals surface area contributed by atoms with Gasteiger partial charge in [0.2, 0.25) is 12.1 Å². The monoisotopic (exact) mass is 471 g/mol. The number of benzene rings is 3. The standard InChI is InChI=1S/C27H17N7O2/c28-15-16-10-11-21-20(14-16)18(12-13-29-21)26-33-34-27(36-26)32-24-25(35)30-22-9-5-4-8-19(22)23(31-24)17-6-2-1-3-7-17/h1-14,24H,(H,30,35)(H,32,34)/t24-/m1/s1. The van der Waals surface area contributed by atoms with Crippen molar-refractivity contribution in [1.82, 2.24) is 15.2 Å². The van der Waals surface area contributed by atoms with E-state index in [2.05, 4.69) is 31.9 Å². The van der Waals surface area contributed by atoms with Crippen molar-refractivity contribution >= 4 is 34.2 Å². The number of hydrogen-bond donors (Lipinski definition) is 2. The molecular weight excluding hydrogens is 454 g/mol. The summed E-state index contributed by atoms with van der Waals surface area (Å²) in [7, 11) is 0. The van der Waals surface area contributed by atoms with Gasteiger partial charge in [0.05, 0.1) is 28.5 Å². The van der Waals surface area contributed by atoms with Gasteiger partial charge in [-0.2, -0.15) is 5.26 Å². The van der Waals surface area contributed by atoms with Crippen LogP contribution in [0.4, 0.5) is 11.7 Å². The van der Waals surface area contributed by atoms with Crippen molar-refractivity contribution in [2.75, 3.05) is 10.6 Å². The summed E-state index contributed by atoms with van der Waals surface area (Å²) < 4.78 is 5.87. The number of nitrogens with one attached hydrogen (secondary N) is 2. The van der Waals surface area contributed by atoms with Gasteiger partial charge in [-0.15, -0.1) is 5.10 Å². The van der Waals surface area contributed by atoms with Crippen LogP contribution in [0.2, 0.25) is 0 Å². The van der Waals surface area contributed by atoms with Gasteiger partial charge in [-0.05, 0) is 30.3 Å². The van der Waals surface area contributed by atoms with Crippen LogP contribution in [0.5, 0.6) is 0 Å². The lowest BCUT2D eigenvalue weighted by Gasteiger charge is -2.11. The number of rotatable bonds is 4. The molecule has 3 heterocycles. The van der Waals surface area contributed by atoms with E-state index in [0.29, 0.717) is 33.4 Å². The molecule has 0 radical (unpaired) electrons. The van der Waals surface area contributed by atoms with Gasteiger partial charge in [0.15, 0.2) is 0 Å². The lowest BCUT2D eigenvalue weighted by molar-refractivity contribution is -0.116. The van der Waals surface area contributed by atoms with Crippen molar-refractivity contribution in [3.63, 3.8) is 0 Å². The topological polar surface area (TPSA) is 129 Å². The fraction of sp³-hybridized carbons (Fsp3) is 0.0370. The first kappa shape index (κ1) is 21.2. The van der Waals surface area contributed by atoms with Crippen LogP contribution in [0, 0.1) is 11.3 Å². The number of aliphatic imine (C=N–C) groups is 1. The smallest absolute Gasteiger partial charge is 0.317 e. The number of anilines is 2. The Morgan fingerprint density at radius 2 is 1.78 bits per heavy atom. The Kier molecular flexibility index (Phi) is 5.16. The van der Waals surface area contributed by atoms with Gasteiger partial charge >= 0.3 is 6.01 Å². The third-order valence-corrected chi connectivity index (χ3v) is 5.78. The number of pyridine rings is 1. The van der Waals surface area contributed by atoms with Crippen molar-refractivity contribution in [3.8, 4) is 17.5 Å². The van der Waals surface area contributed by atoms with Crippen LogP contribution in [0.1, 0.15) is 16.7 Å². The van der Waals surface area contributed by atoms with Crippen LogP contribution < -0.4 is 10.6 Å². The van der Waals surface area contributed by atoms with Gasteiger partial charge in [-0.25, -0.2) is 4.99 Å². The molecule has 0 fully saturated rings. The van der Waals surface area contributed by atoms with Crippen molar-refractivity contribution in [3.05, 3.63) is 102 Å². The van der Waals surface area contributed by atoms with E-state index in [1.54, 1.807) is 30.5 Å². The zero-order valence-corrected chi connectivity index (χ0v) is 18.7. The van der Waals surface area contributed by atoms with Crippen LogP contribution in [0.3, 0.4) is 0 Å². The molecule has 3 aromatic carbocycles. The summed E-state index contributed by atoms with van der Waals surface area (Å²) in [6, 6.07) is 26.2. The largest absolute Gasteiger partial charge is 0.403 e. The molecule has 2 N–H and O–H groups in total. The number of benzodiazepines with no additional fused rings is 1. The summed E-state index contributed by atoms with van der Waals surface area (Å²) in [5.74, 6) is -0.134. The Hall–Kier alpha value is -5.36. The molecule has 1 atom stereocenters. The van der Waals surface area contributed by atoms with Crippen molar-refractivity contribution in [2.45, 2.75) is 6.17 Å². The predicted octanol–water partition coefficient (Wildman–Crippen LogP) is 4.38. The zero-order valence-electron chi connectivity index (χ0n) is 18.7. The molecule has 1 amide bonds. The minimum absolute atomic E-state index is 0.0358. The average molecular weight is 471 g/mol. The molecule has 0 aliphatic carbocycles. The summed E-state index contributed by atoms with van der Waals surface area (Å²) in [6.45, 7) is 0. The molecule has 36 heavy (non-hydrogen) atoms. The van der Waals surface area contributed by atoms with Gasteiger partial charge in [-0.1, -0.05) is 53.6 Å². The molecule has 0 saturated carbocycles. The normalized spacial score (nSPS) is 14.8. The third kappa shape index (κ3) is 3.82. The second-order valence-corrected chi connectivity index (χ2v) is 8.04. The molecule has 0 unspecified atom stereocenters. The Bertz CT molecular complexity index is 1690. The van der Waals surface area contributed by atoms with Crippen LogP contribution >= 0.6 is 0 Å². The number of carbonyl (C=O) groups excluding carboxylic acids is 1. The van der Waals surface area contributed by atoms with Crippen LogP contribution in [-0.2, 0) is 4.79 Å². The zero-order chi connectivity index (χ0) is 24.5. The Labute approximate surface area is 205 Å². The number of para-hydroxylation sites is 1.